The quantitative estimate of drug-likeness (QED) is 0.406. The van der Waals surface area contributed by atoms with Crippen molar-refractivity contribution in [2.75, 3.05) is 19.6 Å². The molecule has 6 heteroatoms. The lowest BCUT2D eigenvalue weighted by Gasteiger charge is -2.13. The molecular weight excluding hydrogens is 268 g/mol. The predicted octanol–water partition coefficient (Wildman–Crippen LogP) is 1.67. The highest BCUT2D eigenvalue weighted by Crippen LogP contribution is 2.07. The van der Waals surface area contributed by atoms with Gasteiger partial charge in [-0.1, -0.05) is 0 Å². The summed E-state index contributed by atoms with van der Waals surface area (Å²) in [5.74, 6) is 1.02. The molecule has 0 saturated carbocycles. The number of carbonyl (C=O) groups is 1. The number of aliphatic imine (C=N–C) groups is 1. The molecule has 3 N–H and O–H groups in total. The van der Waals surface area contributed by atoms with Crippen LogP contribution >= 0.6 is 0 Å². The van der Waals surface area contributed by atoms with Gasteiger partial charge >= 0.3 is 0 Å². The van der Waals surface area contributed by atoms with Crippen LogP contribution in [0.1, 0.15) is 43.3 Å². The summed E-state index contributed by atoms with van der Waals surface area (Å²) in [5, 5.41) is 9.26. The van der Waals surface area contributed by atoms with Gasteiger partial charge in [0.2, 0.25) is 0 Å². The van der Waals surface area contributed by atoms with Crippen LogP contribution in [0.15, 0.2) is 21.7 Å². The zero-order chi connectivity index (χ0) is 15.7. The van der Waals surface area contributed by atoms with Crippen LogP contribution < -0.4 is 16.0 Å². The highest BCUT2D eigenvalue weighted by molar-refractivity contribution is 5.92. The van der Waals surface area contributed by atoms with E-state index in [1.54, 1.807) is 6.07 Å². The minimum atomic E-state index is -0.173. The lowest BCUT2D eigenvalue weighted by atomic mass is 10.2. The van der Waals surface area contributed by atoms with E-state index in [1.807, 2.05) is 13.8 Å². The van der Waals surface area contributed by atoms with Gasteiger partial charge in [-0.3, -0.25) is 9.79 Å². The third-order valence-corrected chi connectivity index (χ3v) is 2.73. The molecule has 0 fully saturated rings. The van der Waals surface area contributed by atoms with E-state index in [1.165, 1.54) is 6.26 Å². The number of aryl methyl sites for hydroxylation is 1. The van der Waals surface area contributed by atoms with Gasteiger partial charge in [-0.05, 0) is 40.2 Å². The van der Waals surface area contributed by atoms with E-state index in [9.17, 15) is 4.79 Å². The molecule has 1 rings (SSSR count). The number of furan rings is 1. The summed E-state index contributed by atoms with van der Waals surface area (Å²) < 4.78 is 5.14. The molecule has 0 aliphatic heterocycles. The van der Waals surface area contributed by atoms with Crippen molar-refractivity contribution in [2.24, 2.45) is 4.99 Å². The minimum Gasteiger partial charge on any atom is -0.459 e. The maximum atomic E-state index is 11.8. The molecule has 1 aromatic heterocycles. The molecule has 6 nitrogen and oxygen atoms in total. The van der Waals surface area contributed by atoms with Gasteiger partial charge in [0.15, 0.2) is 11.7 Å². The van der Waals surface area contributed by atoms with Crippen LogP contribution in [0.25, 0.3) is 0 Å². The molecular formula is C15H26N4O2. The minimum absolute atomic E-state index is 0.173. The number of hydrogen-bond acceptors (Lipinski definition) is 3. The number of hydrogen-bond donors (Lipinski definition) is 3. The van der Waals surface area contributed by atoms with Gasteiger partial charge in [0.25, 0.3) is 5.91 Å². The smallest absolute Gasteiger partial charge is 0.287 e. The molecule has 0 radical (unpaired) electrons. The highest BCUT2D eigenvalue weighted by Gasteiger charge is 2.11. The molecule has 0 saturated heterocycles. The summed E-state index contributed by atoms with van der Waals surface area (Å²) in [5.41, 5.74) is 0.848. The van der Waals surface area contributed by atoms with Crippen molar-refractivity contribution in [1.29, 1.82) is 0 Å². The van der Waals surface area contributed by atoms with Gasteiger partial charge in [0.05, 0.1) is 6.26 Å². The number of rotatable bonds is 7. The first-order valence-electron chi connectivity index (χ1n) is 7.41. The summed E-state index contributed by atoms with van der Waals surface area (Å²) in [6, 6.07) is 2.11. The molecule has 1 amide bonds. The van der Waals surface area contributed by atoms with Gasteiger partial charge in [0, 0.05) is 31.2 Å². The molecule has 0 aliphatic carbocycles. The van der Waals surface area contributed by atoms with Crippen LogP contribution in [0.3, 0.4) is 0 Å². The van der Waals surface area contributed by atoms with Crippen LogP contribution in [0.4, 0.5) is 0 Å². The number of nitrogens with zero attached hydrogens (tertiary/aromatic N) is 1. The Morgan fingerprint density at radius 1 is 1.38 bits per heavy atom. The Kier molecular flexibility index (Phi) is 7.36. The Labute approximate surface area is 126 Å². The van der Waals surface area contributed by atoms with Crippen LogP contribution in [-0.4, -0.2) is 37.5 Å². The van der Waals surface area contributed by atoms with Crippen LogP contribution in [-0.2, 0) is 0 Å². The fraction of sp³-hybridized carbons (Fsp3) is 0.600. The van der Waals surface area contributed by atoms with Gasteiger partial charge in [0.1, 0.15) is 0 Å². The second-order valence-electron chi connectivity index (χ2n) is 5.10. The molecule has 0 aliphatic rings. The van der Waals surface area contributed by atoms with E-state index >= 15 is 0 Å². The van der Waals surface area contributed by atoms with Gasteiger partial charge < -0.3 is 20.4 Å². The summed E-state index contributed by atoms with van der Waals surface area (Å²) in [7, 11) is 0. The maximum Gasteiger partial charge on any atom is 0.287 e. The van der Waals surface area contributed by atoms with Crippen molar-refractivity contribution in [1.82, 2.24) is 16.0 Å². The summed E-state index contributed by atoms with van der Waals surface area (Å²) >= 11 is 0. The van der Waals surface area contributed by atoms with E-state index in [0.717, 1.165) is 24.5 Å². The lowest BCUT2D eigenvalue weighted by molar-refractivity contribution is 0.0925. The fourth-order valence-corrected chi connectivity index (χ4v) is 1.75. The van der Waals surface area contributed by atoms with Crippen molar-refractivity contribution >= 4 is 11.9 Å². The number of carbonyl (C=O) groups excluding carboxylic acids is 1. The van der Waals surface area contributed by atoms with Crippen molar-refractivity contribution in [3.05, 3.63) is 23.7 Å². The lowest BCUT2D eigenvalue weighted by Crippen LogP contribution is -2.41. The van der Waals surface area contributed by atoms with Crippen molar-refractivity contribution in [2.45, 2.75) is 40.2 Å². The number of amides is 1. The molecule has 0 spiro atoms. The zero-order valence-electron chi connectivity index (χ0n) is 13.3. The Balaban J connectivity index is 2.29. The van der Waals surface area contributed by atoms with Gasteiger partial charge in [-0.2, -0.15) is 0 Å². The standard InChI is InChI=1S/C15H26N4O2/c1-5-16-15(19-11(2)3)18-9-6-8-17-14(20)13-12(4)7-10-21-13/h7,10-11H,5-6,8-9H2,1-4H3,(H,17,20)(H2,16,18,19). The van der Waals surface area contributed by atoms with Gasteiger partial charge in [-0.25, -0.2) is 0 Å². The number of nitrogens with one attached hydrogen (secondary N) is 3. The molecule has 21 heavy (non-hydrogen) atoms. The molecule has 0 aromatic carbocycles. The van der Waals surface area contributed by atoms with E-state index in [4.69, 9.17) is 4.42 Å². The Hall–Kier alpha value is -1.98. The third kappa shape index (κ3) is 6.33. The fourth-order valence-electron chi connectivity index (χ4n) is 1.75. The Morgan fingerprint density at radius 2 is 2.14 bits per heavy atom. The van der Waals surface area contributed by atoms with Crippen molar-refractivity contribution < 1.29 is 9.21 Å². The molecule has 0 bridgehead atoms. The average Bonchev–Trinajstić information content (AvgIpc) is 2.84. The van der Waals surface area contributed by atoms with E-state index in [2.05, 4.69) is 34.8 Å². The monoisotopic (exact) mass is 294 g/mol. The zero-order valence-corrected chi connectivity index (χ0v) is 13.3. The Bertz CT molecular complexity index is 466. The summed E-state index contributed by atoms with van der Waals surface area (Å²) in [6.07, 6.45) is 2.30. The summed E-state index contributed by atoms with van der Waals surface area (Å²) in [4.78, 5) is 16.3. The van der Waals surface area contributed by atoms with E-state index < -0.39 is 0 Å². The first-order valence-corrected chi connectivity index (χ1v) is 7.41. The van der Waals surface area contributed by atoms with Crippen LogP contribution in [0.2, 0.25) is 0 Å². The van der Waals surface area contributed by atoms with Crippen LogP contribution in [0.5, 0.6) is 0 Å². The first-order chi connectivity index (χ1) is 10.0. The average molecular weight is 294 g/mol. The second-order valence-corrected chi connectivity index (χ2v) is 5.10. The van der Waals surface area contributed by atoms with Crippen molar-refractivity contribution in [3.8, 4) is 0 Å². The van der Waals surface area contributed by atoms with Gasteiger partial charge in [-0.15, -0.1) is 0 Å². The molecule has 1 heterocycles. The number of guanidine groups is 1. The molecule has 0 unspecified atom stereocenters. The molecule has 1 aromatic rings. The van der Waals surface area contributed by atoms with E-state index in [0.29, 0.717) is 24.9 Å². The van der Waals surface area contributed by atoms with E-state index in [-0.39, 0.29) is 5.91 Å². The third-order valence-electron chi connectivity index (χ3n) is 2.73. The normalized spacial score (nSPS) is 11.6. The topological polar surface area (TPSA) is 78.7 Å². The van der Waals surface area contributed by atoms with Crippen LogP contribution in [0, 0.1) is 6.92 Å². The molecule has 118 valence electrons. The summed E-state index contributed by atoms with van der Waals surface area (Å²) in [6.45, 7) is 10.1. The Morgan fingerprint density at radius 3 is 2.71 bits per heavy atom. The van der Waals surface area contributed by atoms with Crippen molar-refractivity contribution in [3.63, 3.8) is 0 Å². The predicted molar refractivity (Wildman–Crippen MR) is 84.6 cm³/mol. The second kappa shape index (κ2) is 9.05. The first kappa shape index (κ1) is 17.1. The largest absolute Gasteiger partial charge is 0.459 e. The molecule has 0 atom stereocenters. The highest BCUT2D eigenvalue weighted by atomic mass is 16.3. The maximum absolute atomic E-state index is 11.8. The SMILES string of the molecule is CCNC(=NCCCNC(=O)c1occc1C)NC(C)C.